The highest BCUT2D eigenvalue weighted by Gasteiger charge is 2.41. The van der Waals surface area contributed by atoms with Gasteiger partial charge in [0.1, 0.15) is 5.60 Å². The molecule has 1 fully saturated rings. The van der Waals surface area contributed by atoms with Crippen molar-refractivity contribution in [3.05, 3.63) is 0 Å². The molecule has 8 nitrogen and oxygen atoms in total. The topological polar surface area (TPSA) is 108 Å². The summed E-state index contributed by atoms with van der Waals surface area (Å²) < 4.78 is 14.9. The van der Waals surface area contributed by atoms with Crippen LogP contribution in [0.3, 0.4) is 0 Å². The van der Waals surface area contributed by atoms with Gasteiger partial charge in [-0.05, 0) is 41.5 Å². The van der Waals surface area contributed by atoms with Gasteiger partial charge in [-0.15, -0.1) is 0 Å². The van der Waals surface area contributed by atoms with Gasteiger partial charge in [0.2, 0.25) is 18.1 Å². The average molecular weight is 343 g/mol. The van der Waals surface area contributed by atoms with Crippen LogP contribution in [-0.4, -0.2) is 47.2 Å². The lowest BCUT2D eigenvalue weighted by atomic mass is 10.1. The van der Waals surface area contributed by atoms with Crippen molar-refractivity contribution in [1.29, 1.82) is 0 Å². The van der Waals surface area contributed by atoms with Crippen LogP contribution >= 0.6 is 0 Å². The number of cyclic esters (lactones) is 2. The highest BCUT2D eigenvalue weighted by Crippen LogP contribution is 2.18. The average Bonchev–Trinajstić information content (AvgIpc) is 2.30. The number of carbonyl (C=O) groups is 4. The summed E-state index contributed by atoms with van der Waals surface area (Å²) in [4.78, 5) is 47.3. The van der Waals surface area contributed by atoms with Gasteiger partial charge in [-0.3, -0.25) is 9.59 Å². The number of hydrogen-bond acceptors (Lipinski definition) is 7. The predicted molar refractivity (Wildman–Crippen MR) is 82.7 cm³/mol. The van der Waals surface area contributed by atoms with E-state index in [1.165, 1.54) is 0 Å². The fraction of sp³-hybridized carbons (Fsp3) is 0.750. The lowest BCUT2D eigenvalue weighted by Gasteiger charge is -2.28. The second-order valence-corrected chi connectivity index (χ2v) is 7.64. The van der Waals surface area contributed by atoms with Gasteiger partial charge in [-0.2, -0.15) is 0 Å². The first-order chi connectivity index (χ1) is 10.8. The van der Waals surface area contributed by atoms with Gasteiger partial charge in [0.15, 0.2) is 0 Å². The third kappa shape index (κ3) is 6.97. The fourth-order valence-corrected chi connectivity index (χ4v) is 1.95. The molecule has 8 heteroatoms. The molecule has 0 aromatic carbocycles. The summed E-state index contributed by atoms with van der Waals surface area (Å²) in [6, 6.07) is 0. The number of hydrogen-bond donors (Lipinski definition) is 1. The Hall–Kier alpha value is -2.12. The van der Waals surface area contributed by atoms with Crippen LogP contribution in [-0.2, 0) is 33.4 Å². The molecule has 0 aliphatic carbocycles. The second-order valence-electron chi connectivity index (χ2n) is 7.64. The van der Waals surface area contributed by atoms with Gasteiger partial charge in [0.05, 0.1) is 12.8 Å². The van der Waals surface area contributed by atoms with E-state index in [0.29, 0.717) is 0 Å². The SMILES string of the molecule is CC(C)(C)NC(=O)CC1OC(=O)C(CC(=O)OC(C)(C)C)OC1=O. The van der Waals surface area contributed by atoms with Gasteiger partial charge < -0.3 is 19.5 Å². The van der Waals surface area contributed by atoms with E-state index >= 15 is 0 Å². The molecule has 1 aliphatic heterocycles. The number of nitrogens with one attached hydrogen (secondary N) is 1. The molecule has 0 aromatic rings. The molecule has 136 valence electrons. The van der Waals surface area contributed by atoms with Gasteiger partial charge in [-0.1, -0.05) is 0 Å². The van der Waals surface area contributed by atoms with Crippen molar-refractivity contribution in [3.63, 3.8) is 0 Å². The van der Waals surface area contributed by atoms with Gasteiger partial charge >= 0.3 is 17.9 Å². The first-order valence-corrected chi connectivity index (χ1v) is 7.71. The maximum absolute atomic E-state index is 11.9. The first kappa shape index (κ1) is 19.9. The second kappa shape index (κ2) is 7.19. The summed E-state index contributed by atoms with van der Waals surface area (Å²) >= 11 is 0. The van der Waals surface area contributed by atoms with E-state index in [-0.39, 0.29) is 6.42 Å². The van der Waals surface area contributed by atoms with Crippen molar-refractivity contribution in [2.75, 3.05) is 0 Å². The molecular weight excluding hydrogens is 318 g/mol. The molecule has 1 saturated heterocycles. The molecule has 0 aromatic heterocycles. The van der Waals surface area contributed by atoms with Crippen LogP contribution in [0.5, 0.6) is 0 Å². The van der Waals surface area contributed by atoms with Gasteiger partial charge in [-0.25, -0.2) is 9.59 Å². The predicted octanol–water partition coefficient (Wildman–Crippen LogP) is 0.860. The Balaban J connectivity index is 2.58. The van der Waals surface area contributed by atoms with Crippen LogP contribution in [0.1, 0.15) is 54.4 Å². The molecular formula is C16H25NO7. The minimum absolute atomic E-state index is 0.332. The Kier molecular flexibility index (Phi) is 5.97. The summed E-state index contributed by atoms with van der Waals surface area (Å²) in [5.74, 6) is -2.84. The minimum atomic E-state index is -1.35. The standard InChI is InChI=1S/C16H25NO7/c1-15(2,3)17-11(18)7-9-13(20)23-10(14(21)22-9)8-12(19)24-16(4,5)6/h9-10H,7-8H2,1-6H3,(H,17,18). The van der Waals surface area contributed by atoms with Crippen molar-refractivity contribution in [3.8, 4) is 0 Å². The Morgan fingerprint density at radius 1 is 0.958 bits per heavy atom. The molecule has 24 heavy (non-hydrogen) atoms. The van der Waals surface area contributed by atoms with Crippen LogP contribution in [0, 0.1) is 0 Å². The van der Waals surface area contributed by atoms with E-state index in [1.54, 1.807) is 41.5 Å². The lowest BCUT2D eigenvalue weighted by molar-refractivity contribution is -0.198. The zero-order chi connectivity index (χ0) is 18.7. The normalized spacial score (nSPS) is 21.6. The van der Waals surface area contributed by atoms with Crippen LogP contribution in [0.15, 0.2) is 0 Å². The minimum Gasteiger partial charge on any atom is -0.460 e. The maximum Gasteiger partial charge on any atom is 0.348 e. The van der Waals surface area contributed by atoms with E-state index in [1.807, 2.05) is 0 Å². The Morgan fingerprint density at radius 2 is 1.42 bits per heavy atom. The smallest absolute Gasteiger partial charge is 0.348 e. The summed E-state index contributed by atoms with van der Waals surface area (Å²) in [6.07, 6.45) is -3.42. The van der Waals surface area contributed by atoms with Gasteiger partial charge in [0.25, 0.3) is 0 Å². The van der Waals surface area contributed by atoms with Crippen LogP contribution in [0.4, 0.5) is 0 Å². The molecule has 2 unspecified atom stereocenters. The quantitative estimate of drug-likeness (QED) is 0.596. The summed E-state index contributed by atoms with van der Waals surface area (Å²) in [7, 11) is 0. The Labute approximate surface area is 141 Å². The van der Waals surface area contributed by atoms with Gasteiger partial charge in [0, 0.05) is 5.54 Å². The maximum atomic E-state index is 11.9. The molecule has 0 radical (unpaired) electrons. The summed E-state index contributed by atoms with van der Waals surface area (Å²) in [5, 5.41) is 2.66. The zero-order valence-corrected chi connectivity index (χ0v) is 14.9. The molecule has 2 atom stereocenters. The fourth-order valence-electron chi connectivity index (χ4n) is 1.95. The van der Waals surface area contributed by atoms with E-state index < -0.39 is 53.6 Å². The number of carbonyl (C=O) groups excluding carboxylic acids is 4. The van der Waals surface area contributed by atoms with E-state index in [2.05, 4.69) is 5.32 Å². The third-order valence-corrected chi connectivity index (χ3v) is 2.70. The van der Waals surface area contributed by atoms with Crippen molar-refractivity contribution in [2.24, 2.45) is 0 Å². The largest absolute Gasteiger partial charge is 0.460 e. The van der Waals surface area contributed by atoms with Crippen molar-refractivity contribution >= 4 is 23.8 Å². The van der Waals surface area contributed by atoms with Crippen LogP contribution in [0.2, 0.25) is 0 Å². The zero-order valence-electron chi connectivity index (χ0n) is 14.9. The monoisotopic (exact) mass is 343 g/mol. The van der Waals surface area contributed by atoms with Crippen molar-refractivity contribution in [1.82, 2.24) is 5.32 Å². The molecule has 0 bridgehead atoms. The summed E-state index contributed by atoms with van der Waals surface area (Å²) in [6.45, 7) is 10.4. The number of ether oxygens (including phenoxy) is 3. The first-order valence-electron chi connectivity index (χ1n) is 7.71. The molecule has 1 N–H and O–H groups in total. The van der Waals surface area contributed by atoms with Crippen LogP contribution < -0.4 is 5.32 Å². The van der Waals surface area contributed by atoms with Crippen molar-refractivity contribution in [2.45, 2.75) is 77.7 Å². The molecule has 1 amide bonds. The molecule has 0 spiro atoms. The van der Waals surface area contributed by atoms with E-state index in [4.69, 9.17) is 14.2 Å². The summed E-state index contributed by atoms with van der Waals surface area (Å²) in [5.41, 5.74) is -1.19. The van der Waals surface area contributed by atoms with Crippen molar-refractivity contribution < 1.29 is 33.4 Å². The highest BCUT2D eigenvalue weighted by molar-refractivity contribution is 5.92. The van der Waals surface area contributed by atoms with E-state index in [0.717, 1.165) is 0 Å². The molecule has 1 aliphatic rings. The molecule has 1 heterocycles. The molecule has 0 saturated carbocycles. The Bertz CT molecular complexity index is 480. The third-order valence-electron chi connectivity index (χ3n) is 2.70. The number of esters is 3. The highest BCUT2D eigenvalue weighted by atomic mass is 16.6. The Morgan fingerprint density at radius 3 is 1.83 bits per heavy atom. The number of rotatable bonds is 4. The molecule has 1 rings (SSSR count). The lowest BCUT2D eigenvalue weighted by Crippen LogP contribution is -2.49. The number of amides is 1. The van der Waals surface area contributed by atoms with Crippen LogP contribution in [0.25, 0.3) is 0 Å². The van der Waals surface area contributed by atoms with E-state index in [9.17, 15) is 19.2 Å².